The van der Waals surface area contributed by atoms with Crippen molar-refractivity contribution in [1.29, 1.82) is 0 Å². The van der Waals surface area contributed by atoms with E-state index in [1.807, 2.05) is 18.7 Å². The quantitative estimate of drug-likeness (QED) is 0.851. The van der Waals surface area contributed by atoms with Crippen LogP contribution in [-0.4, -0.2) is 17.6 Å². The fourth-order valence-corrected chi connectivity index (χ4v) is 2.99. The topological polar surface area (TPSA) is 46.3 Å². The first-order valence-electron chi connectivity index (χ1n) is 7.38. The first-order chi connectivity index (χ1) is 10.1. The van der Waals surface area contributed by atoms with Crippen LogP contribution >= 0.6 is 0 Å². The molecule has 110 valence electrons. The molecule has 1 aliphatic rings. The third-order valence-electron chi connectivity index (χ3n) is 4.16. The van der Waals surface area contributed by atoms with Crippen LogP contribution in [0.3, 0.4) is 0 Å². The number of fused-ring (bicyclic) bond motifs is 1. The maximum atomic E-state index is 12.7. The van der Waals surface area contributed by atoms with Crippen molar-refractivity contribution in [3.8, 4) is 0 Å². The molecule has 0 spiro atoms. The molecule has 1 aromatic carbocycles. The second kappa shape index (κ2) is 5.35. The number of aromatic nitrogens is 1. The van der Waals surface area contributed by atoms with Gasteiger partial charge in [0.1, 0.15) is 5.76 Å². The van der Waals surface area contributed by atoms with E-state index in [4.69, 9.17) is 4.52 Å². The van der Waals surface area contributed by atoms with E-state index < -0.39 is 0 Å². The Morgan fingerprint density at radius 2 is 2.14 bits per heavy atom. The zero-order valence-electron chi connectivity index (χ0n) is 12.8. The predicted molar refractivity (Wildman–Crippen MR) is 81.5 cm³/mol. The largest absolute Gasteiger partial charge is 0.361 e. The molecule has 0 aliphatic carbocycles. The number of amides is 1. The highest BCUT2D eigenvalue weighted by Gasteiger charge is 2.24. The molecule has 1 amide bonds. The fourth-order valence-electron chi connectivity index (χ4n) is 2.99. The number of benzene rings is 1. The van der Waals surface area contributed by atoms with Gasteiger partial charge >= 0.3 is 0 Å². The van der Waals surface area contributed by atoms with Gasteiger partial charge in [0.05, 0.1) is 12.1 Å². The van der Waals surface area contributed by atoms with Gasteiger partial charge in [0, 0.05) is 17.8 Å². The molecule has 4 heteroatoms. The molecular formula is C17H20N2O2. The summed E-state index contributed by atoms with van der Waals surface area (Å²) in [4.78, 5) is 14.6. The first kappa shape index (κ1) is 13.9. The summed E-state index contributed by atoms with van der Waals surface area (Å²) >= 11 is 0. The minimum Gasteiger partial charge on any atom is -0.361 e. The summed E-state index contributed by atoms with van der Waals surface area (Å²) in [6.07, 6.45) is 2.42. The molecule has 0 unspecified atom stereocenters. The lowest BCUT2D eigenvalue weighted by molar-refractivity contribution is -0.118. The number of aryl methyl sites for hydroxylation is 4. The van der Waals surface area contributed by atoms with E-state index >= 15 is 0 Å². The molecule has 0 saturated heterocycles. The Morgan fingerprint density at radius 1 is 1.33 bits per heavy atom. The van der Waals surface area contributed by atoms with Crippen LogP contribution in [0.5, 0.6) is 0 Å². The fraction of sp³-hybridized carbons (Fsp3) is 0.412. The summed E-state index contributed by atoms with van der Waals surface area (Å²) in [6, 6.07) is 6.32. The van der Waals surface area contributed by atoms with E-state index in [9.17, 15) is 4.79 Å². The van der Waals surface area contributed by atoms with E-state index in [0.29, 0.717) is 6.42 Å². The highest BCUT2D eigenvalue weighted by molar-refractivity contribution is 5.96. The van der Waals surface area contributed by atoms with Crippen molar-refractivity contribution in [3.05, 3.63) is 46.3 Å². The smallest absolute Gasteiger partial charge is 0.231 e. The van der Waals surface area contributed by atoms with Gasteiger partial charge in [-0.05, 0) is 45.2 Å². The molecule has 1 aromatic heterocycles. The molecule has 21 heavy (non-hydrogen) atoms. The summed E-state index contributed by atoms with van der Waals surface area (Å²) < 4.78 is 5.15. The Kier molecular flexibility index (Phi) is 3.53. The highest BCUT2D eigenvalue weighted by atomic mass is 16.5. The van der Waals surface area contributed by atoms with E-state index in [1.165, 1.54) is 11.1 Å². The van der Waals surface area contributed by atoms with E-state index in [-0.39, 0.29) is 5.91 Å². The Morgan fingerprint density at radius 3 is 2.86 bits per heavy atom. The maximum Gasteiger partial charge on any atom is 0.231 e. The normalized spacial score (nSPS) is 14.1. The van der Waals surface area contributed by atoms with Crippen LogP contribution in [0.2, 0.25) is 0 Å². The molecule has 0 fully saturated rings. The summed E-state index contributed by atoms with van der Waals surface area (Å²) in [5, 5.41) is 3.92. The van der Waals surface area contributed by atoms with E-state index in [2.05, 4.69) is 30.3 Å². The van der Waals surface area contributed by atoms with Gasteiger partial charge in [0.15, 0.2) is 0 Å². The van der Waals surface area contributed by atoms with Crippen LogP contribution in [0, 0.1) is 20.8 Å². The third-order valence-corrected chi connectivity index (χ3v) is 4.16. The molecule has 0 radical (unpaired) electrons. The average Bonchev–Trinajstić information content (AvgIpc) is 2.78. The molecule has 0 saturated carbocycles. The molecule has 2 aromatic rings. The van der Waals surface area contributed by atoms with Crippen molar-refractivity contribution in [2.45, 2.75) is 40.0 Å². The van der Waals surface area contributed by atoms with Crippen molar-refractivity contribution in [2.24, 2.45) is 0 Å². The Bertz CT molecular complexity index is 669. The van der Waals surface area contributed by atoms with Gasteiger partial charge in [0.2, 0.25) is 5.91 Å². The number of hydrogen-bond acceptors (Lipinski definition) is 3. The van der Waals surface area contributed by atoms with Crippen LogP contribution in [0.25, 0.3) is 0 Å². The van der Waals surface area contributed by atoms with Crippen molar-refractivity contribution in [3.63, 3.8) is 0 Å². The Labute approximate surface area is 124 Å². The van der Waals surface area contributed by atoms with Crippen LogP contribution in [0.4, 0.5) is 5.69 Å². The van der Waals surface area contributed by atoms with Crippen LogP contribution < -0.4 is 4.90 Å². The standard InChI is InChI=1S/C17H20N2O2/c1-11-6-7-16-14(9-11)5-4-8-19(16)17(20)10-15-12(2)18-21-13(15)3/h6-7,9H,4-5,8,10H2,1-3H3. The summed E-state index contributed by atoms with van der Waals surface area (Å²) in [7, 11) is 0. The average molecular weight is 284 g/mol. The second-order valence-electron chi connectivity index (χ2n) is 5.76. The van der Waals surface area contributed by atoms with Gasteiger partial charge in [-0.3, -0.25) is 4.79 Å². The summed E-state index contributed by atoms with van der Waals surface area (Å²) in [5.41, 5.74) is 5.30. The second-order valence-corrected chi connectivity index (χ2v) is 5.76. The van der Waals surface area contributed by atoms with Crippen molar-refractivity contribution < 1.29 is 9.32 Å². The zero-order chi connectivity index (χ0) is 15.0. The molecule has 0 atom stereocenters. The Balaban J connectivity index is 1.87. The van der Waals surface area contributed by atoms with Crippen molar-refractivity contribution >= 4 is 11.6 Å². The number of carbonyl (C=O) groups excluding carboxylic acids is 1. The number of anilines is 1. The van der Waals surface area contributed by atoms with E-state index in [1.54, 1.807) is 0 Å². The minimum absolute atomic E-state index is 0.120. The molecule has 0 N–H and O–H groups in total. The SMILES string of the molecule is Cc1ccc2c(c1)CCCN2C(=O)Cc1c(C)noc1C. The Hall–Kier alpha value is -2.10. The predicted octanol–water partition coefficient (Wildman–Crippen LogP) is 3.12. The minimum atomic E-state index is 0.120. The maximum absolute atomic E-state index is 12.7. The van der Waals surface area contributed by atoms with Gasteiger partial charge in [-0.25, -0.2) is 0 Å². The number of rotatable bonds is 2. The van der Waals surface area contributed by atoms with Gasteiger partial charge < -0.3 is 9.42 Å². The number of nitrogens with zero attached hydrogens (tertiary/aromatic N) is 2. The van der Waals surface area contributed by atoms with Gasteiger partial charge in [-0.15, -0.1) is 0 Å². The van der Waals surface area contributed by atoms with Gasteiger partial charge in [0.25, 0.3) is 0 Å². The van der Waals surface area contributed by atoms with E-state index in [0.717, 1.165) is 42.1 Å². The molecule has 0 bridgehead atoms. The number of hydrogen-bond donors (Lipinski definition) is 0. The summed E-state index contributed by atoms with van der Waals surface area (Å²) in [5.74, 6) is 0.858. The molecule has 1 aliphatic heterocycles. The lowest BCUT2D eigenvalue weighted by Gasteiger charge is -2.30. The first-order valence-corrected chi connectivity index (χ1v) is 7.38. The third kappa shape index (κ3) is 2.58. The van der Waals surface area contributed by atoms with Crippen molar-refractivity contribution in [2.75, 3.05) is 11.4 Å². The molecule has 4 nitrogen and oxygen atoms in total. The lowest BCUT2D eigenvalue weighted by atomic mass is 9.98. The van der Waals surface area contributed by atoms with Gasteiger partial charge in [-0.1, -0.05) is 22.9 Å². The summed E-state index contributed by atoms with van der Waals surface area (Å²) in [6.45, 7) is 6.62. The highest BCUT2D eigenvalue weighted by Crippen LogP contribution is 2.29. The van der Waals surface area contributed by atoms with Gasteiger partial charge in [-0.2, -0.15) is 0 Å². The molecule has 2 heterocycles. The molecule has 3 rings (SSSR count). The van der Waals surface area contributed by atoms with Crippen LogP contribution in [-0.2, 0) is 17.6 Å². The van der Waals surface area contributed by atoms with Crippen LogP contribution in [0.1, 0.15) is 34.6 Å². The lowest BCUT2D eigenvalue weighted by Crippen LogP contribution is -2.36. The zero-order valence-corrected chi connectivity index (χ0v) is 12.8. The number of carbonyl (C=O) groups is 1. The van der Waals surface area contributed by atoms with Crippen LogP contribution in [0.15, 0.2) is 22.7 Å². The monoisotopic (exact) mass is 284 g/mol. The van der Waals surface area contributed by atoms with Crippen molar-refractivity contribution in [1.82, 2.24) is 5.16 Å². The molecular weight excluding hydrogens is 264 g/mol.